The van der Waals surface area contributed by atoms with Crippen molar-refractivity contribution in [3.05, 3.63) is 81.9 Å². The second-order valence-corrected chi connectivity index (χ2v) is 8.09. The highest BCUT2D eigenvalue weighted by molar-refractivity contribution is 7.93. The SMILES string of the molecule is CC1=CC=C2C(=C3C(c4ccccc4)CCCN3S2(=O)=O)C=C1. The number of fused-ring (bicyclic) bond motifs is 2. The molecule has 1 atom stereocenters. The number of benzene rings is 1. The molecule has 0 aromatic heterocycles. The number of piperidine rings is 1. The van der Waals surface area contributed by atoms with Gasteiger partial charge in [0.15, 0.2) is 0 Å². The van der Waals surface area contributed by atoms with Crippen molar-refractivity contribution in [2.75, 3.05) is 6.54 Å². The zero-order chi connectivity index (χ0) is 16.0. The molecular formula is C19H19NO2S. The van der Waals surface area contributed by atoms with Crippen molar-refractivity contribution in [2.45, 2.75) is 25.7 Å². The van der Waals surface area contributed by atoms with Gasteiger partial charge in [-0.25, -0.2) is 8.42 Å². The van der Waals surface area contributed by atoms with Crippen molar-refractivity contribution in [3.63, 3.8) is 0 Å². The van der Waals surface area contributed by atoms with Crippen LogP contribution in [-0.2, 0) is 10.0 Å². The van der Waals surface area contributed by atoms with Crippen LogP contribution < -0.4 is 0 Å². The van der Waals surface area contributed by atoms with Gasteiger partial charge >= 0.3 is 0 Å². The smallest absolute Gasteiger partial charge is 0.264 e. The normalized spacial score (nSPS) is 25.4. The Balaban J connectivity index is 1.93. The molecule has 0 saturated carbocycles. The molecule has 0 N–H and O–H groups in total. The molecule has 3 nitrogen and oxygen atoms in total. The fourth-order valence-corrected chi connectivity index (χ4v) is 5.44. The topological polar surface area (TPSA) is 37.4 Å². The van der Waals surface area contributed by atoms with Crippen LogP contribution in [0.25, 0.3) is 0 Å². The standard InChI is InChI=1S/C19H19NO2S/c1-14-9-11-17-18(12-10-14)23(21,22)20-13-5-8-16(19(17)20)15-6-3-2-4-7-15/h2-4,6-7,9-12,16H,5,8,13H2,1H3. The Hall–Kier alpha value is -2.07. The summed E-state index contributed by atoms with van der Waals surface area (Å²) in [6.45, 7) is 2.57. The van der Waals surface area contributed by atoms with Gasteiger partial charge in [0, 0.05) is 23.7 Å². The lowest BCUT2D eigenvalue weighted by Crippen LogP contribution is -2.33. The van der Waals surface area contributed by atoms with Crippen molar-refractivity contribution >= 4 is 10.0 Å². The maximum absolute atomic E-state index is 13.0. The Morgan fingerprint density at radius 1 is 1.09 bits per heavy atom. The van der Waals surface area contributed by atoms with Gasteiger partial charge < -0.3 is 0 Å². The summed E-state index contributed by atoms with van der Waals surface area (Å²) < 4.78 is 27.5. The van der Waals surface area contributed by atoms with E-state index < -0.39 is 10.0 Å². The van der Waals surface area contributed by atoms with E-state index in [1.807, 2.05) is 43.4 Å². The summed E-state index contributed by atoms with van der Waals surface area (Å²) in [6.07, 6.45) is 9.49. The molecule has 0 amide bonds. The van der Waals surface area contributed by atoms with Crippen LogP contribution in [0.1, 0.15) is 31.2 Å². The molecule has 2 aliphatic heterocycles. The Labute approximate surface area is 137 Å². The van der Waals surface area contributed by atoms with Gasteiger partial charge in [0.25, 0.3) is 10.0 Å². The maximum Gasteiger partial charge on any atom is 0.264 e. The molecule has 118 valence electrons. The minimum absolute atomic E-state index is 0.142. The van der Waals surface area contributed by atoms with E-state index in [-0.39, 0.29) is 5.92 Å². The second-order valence-electron chi connectivity index (χ2n) is 6.26. The lowest BCUT2D eigenvalue weighted by atomic mass is 9.86. The van der Waals surface area contributed by atoms with Crippen LogP contribution in [-0.4, -0.2) is 19.3 Å². The third kappa shape index (κ3) is 2.20. The molecule has 4 heteroatoms. The van der Waals surface area contributed by atoms with Gasteiger partial charge in [0.05, 0.1) is 4.91 Å². The molecule has 1 aliphatic carbocycles. The van der Waals surface area contributed by atoms with Gasteiger partial charge in [-0.05, 0) is 31.4 Å². The highest BCUT2D eigenvalue weighted by Crippen LogP contribution is 2.48. The summed E-state index contributed by atoms with van der Waals surface area (Å²) in [5, 5.41) is 0. The third-order valence-electron chi connectivity index (χ3n) is 4.77. The van der Waals surface area contributed by atoms with Crippen LogP contribution in [0.3, 0.4) is 0 Å². The van der Waals surface area contributed by atoms with E-state index >= 15 is 0 Å². The van der Waals surface area contributed by atoms with E-state index in [1.165, 1.54) is 5.56 Å². The molecule has 1 unspecified atom stereocenters. The quantitative estimate of drug-likeness (QED) is 0.786. The Kier molecular flexibility index (Phi) is 3.31. The predicted octanol–water partition coefficient (Wildman–Crippen LogP) is 3.86. The van der Waals surface area contributed by atoms with Crippen molar-refractivity contribution in [1.82, 2.24) is 4.31 Å². The van der Waals surface area contributed by atoms with Crippen LogP contribution in [0.15, 0.2) is 76.4 Å². The van der Waals surface area contributed by atoms with Crippen LogP contribution in [0, 0.1) is 0 Å². The molecule has 2 heterocycles. The fourth-order valence-electron chi connectivity index (χ4n) is 3.66. The molecule has 1 fully saturated rings. The monoisotopic (exact) mass is 325 g/mol. The van der Waals surface area contributed by atoms with Crippen molar-refractivity contribution in [1.29, 1.82) is 0 Å². The highest BCUT2D eigenvalue weighted by atomic mass is 32.2. The molecule has 23 heavy (non-hydrogen) atoms. The molecular weight excluding hydrogens is 306 g/mol. The third-order valence-corrected chi connectivity index (χ3v) is 6.65. The number of hydrogen-bond acceptors (Lipinski definition) is 2. The predicted molar refractivity (Wildman–Crippen MR) is 92.0 cm³/mol. The fraction of sp³-hybridized carbons (Fsp3) is 0.263. The van der Waals surface area contributed by atoms with Crippen molar-refractivity contribution in [2.24, 2.45) is 0 Å². The lowest BCUT2D eigenvalue weighted by Gasteiger charge is -2.33. The highest BCUT2D eigenvalue weighted by Gasteiger charge is 2.44. The minimum Gasteiger partial charge on any atom is -0.269 e. The maximum atomic E-state index is 13.0. The number of hydrogen-bond donors (Lipinski definition) is 0. The van der Waals surface area contributed by atoms with E-state index in [0.29, 0.717) is 11.4 Å². The van der Waals surface area contributed by atoms with Gasteiger partial charge in [-0.2, -0.15) is 0 Å². The van der Waals surface area contributed by atoms with Crippen LogP contribution in [0.5, 0.6) is 0 Å². The molecule has 4 rings (SSSR count). The summed E-state index contributed by atoms with van der Waals surface area (Å²) in [4.78, 5) is 0.448. The Morgan fingerprint density at radius 3 is 2.65 bits per heavy atom. The van der Waals surface area contributed by atoms with Crippen molar-refractivity contribution in [3.8, 4) is 0 Å². The average molecular weight is 325 g/mol. The van der Waals surface area contributed by atoms with Crippen LogP contribution >= 0.6 is 0 Å². The van der Waals surface area contributed by atoms with E-state index in [4.69, 9.17) is 0 Å². The second kappa shape index (κ2) is 5.24. The van der Waals surface area contributed by atoms with Crippen molar-refractivity contribution < 1.29 is 8.42 Å². The number of allylic oxidation sites excluding steroid dienone is 7. The van der Waals surface area contributed by atoms with E-state index in [9.17, 15) is 8.42 Å². The van der Waals surface area contributed by atoms with Gasteiger partial charge in [0.2, 0.25) is 0 Å². The van der Waals surface area contributed by atoms with Crippen LogP contribution in [0.4, 0.5) is 0 Å². The molecule has 1 saturated heterocycles. The van der Waals surface area contributed by atoms with Gasteiger partial charge in [0.1, 0.15) is 0 Å². The lowest BCUT2D eigenvalue weighted by molar-refractivity contribution is 0.390. The van der Waals surface area contributed by atoms with E-state index in [2.05, 4.69) is 12.1 Å². The zero-order valence-electron chi connectivity index (χ0n) is 13.1. The Bertz CT molecular complexity index is 873. The molecule has 3 aliphatic rings. The van der Waals surface area contributed by atoms with E-state index in [0.717, 1.165) is 29.7 Å². The van der Waals surface area contributed by atoms with Gasteiger partial charge in [-0.3, -0.25) is 4.31 Å². The molecule has 1 aromatic carbocycles. The number of rotatable bonds is 1. The first kappa shape index (κ1) is 14.5. The summed E-state index contributed by atoms with van der Waals surface area (Å²) in [5.41, 5.74) is 4.08. The largest absolute Gasteiger partial charge is 0.269 e. The molecule has 0 bridgehead atoms. The minimum atomic E-state index is -3.41. The molecule has 0 radical (unpaired) electrons. The summed E-state index contributed by atoms with van der Waals surface area (Å²) in [5.74, 6) is 0.142. The first-order chi connectivity index (χ1) is 11.1. The number of sulfonamides is 1. The molecule has 1 aromatic rings. The molecule has 0 spiro atoms. The van der Waals surface area contributed by atoms with Gasteiger partial charge in [-0.1, -0.05) is 54.1 Å². The average Bonchev–Trinajstić information content (AvgIpc) is 2.68. The van der Waals surface area contributed by atoms with Crippen LogP contribution in [0.2, 0.25) is 0 Å². The number of nitrogens with zero attached hydrogens (tertiary/aromatic N) is 1. The Morgan fingerprint density at radius 2 is 1.87 bits per heavy atom. The summed E-state index contributed by atoms with van der Waals surface area (Å²) >= 11 is 0. The van der Waals surface area contributed by atoms with Gasteiger partial charge in [-0.15, -0.1) is 0 Å². The summed E-state index contributed by atoms with van der Waals surface area (Å²) in [7, 11) is -3.41. The first-order valence-electron chi connectivity index (χ1n) is 7.98. The van der Waals surface area contributed by atoms with E-state index in [1.54, 1.807) is 10.4 Å². The first-order valence-corrected chi connectivity index (χ1v) is 9.42. The zero-order valence-corrected chi connectivity index (χ0v) is 13.9. The summed E-state index contributed by atoms with van der Waals surface area (Å²) in [6, 6.07) is 10.2.